The highest BCUT2D eigenvalue weighted by Crippen LogP contribution is 2.23. The van der Waals surface area contributed by atoms with Crippen molar-refractivity contribution in [1.29, 1.82) is 0 Å². The van der Waals surface area contributed by atoms with Gasteiger partial charge in [-0.05, 0) is 60.7 Å². The molecule has 0 saturated heterocycles. The summed E-state index contributed by atoms with van der Waals surface area (Å²) in [6.07, 6.45) is 3.04. The van der Waals surface area contributed by atoms with Crippen LogP contribution < -0.4 is 4.74 Å². The Hall–Kier alpha value is -3.60. The van der Waals surface area contributed by atoms with Crippen LogP contribution in [-0.4, -0.2) is 24.0 Å². The van der Waals surface area contributed by atoms with Crippen molar-refractivity contribution in [3.05, 3.63) is 83.6 Å². The molecule has 0 bridgehead atoms. The van der Waals surface area contributed by atoms with Gasteiger partial charge in [0.1, 0.15) is 17.3 Å². The molecular weight excluding hydrogens is 332 g/mol. The Morgan fingerprint density at radius 2 is 1.58 bits per heavy atom. The van der Waals surface area contributed by atoms with Crippen molar-refractivity contribution in [2.45, 2.75) is 0 Å². The Bertz CT molecular complexity index is 947. The Balaban J connectivity index is 1.71. The Morgan fingerprint density at radius 3 is 2.19 bits per heavy atom. The van der Waals surface area contributed by atoms with Crippen LogP contribution in [0.4, 0.5) is 0 Å². The molecule has 0 atom stereocenters. The summed E-state index contributed by atoms with van der Waals surface area (Å²) in [6, 6.07) is 16.8. The predicted octanol–water partition coefficient (Wildman–Crippen LogP) is 4.55. The van der Waals surface area contributed by atoms with E-state index in [0.717, 1.165) is 5.56 Å². The van der Waals surface area contributed by atoms with Crippen LogP contribution in [0.2, 0.25) is 0 Å². The zero-order chi connectivity index (χ0) is 18.5. The van der Waals surface area contributed by atoms with Gasteiger partial charge in [0.05, 0.1) is 12.7 Å². The normalized spacial score (nSPS) is 10.8. The lowest BCUT2D eigenvalue weighted by atomic mass is 10.1. The van der Waals surface area contributed by atoms with Crippen LogP contribution in [0.15, 0.2) is 71.2 Å². The molecular formula is C21H16O5. The van der Waals surface area contributed by atoms with E-state index in [4.69, 9.17) is 14.3 Å². The molecule has 1 aromatic heterocycles. The van der Waals surface area contributed by atoms with E-state index in [1.165, 1.54) is 18.2 Å². The Labute approximate surface area is 150 Å². The van der Waals surface area contributed by atoms with E-state index in [1.54, 1.807) is 61.7 Å². The second-order valence-corrected chi connectivity index (χ2v) is 5.51. The first kappa shape index (κ1) is 17.2. The molecule has 0 amide bonds. The van der Waals surface area contributed by atoms with Gasteiger partial charge < -0.3 is 14.3 Å². The van der Waals surface area contributed by atoms with Crippen LogP contribution >= 0.6 is 0 Å². The molecule has 0 spiro atoms. The van der Waals surface area contributed by atoms with Crippen molar-refractivity contribution in [2.75, 3.05) is 7.11 Å². The van der Waals surface area contributed by atoms with Gasteiger partial charge in [-0.15, -0.1) is 0 Å². The summed E-state index contributed by atoms with van der Waals surface area (Å²) < 4.78 is 10.8. The minimum Gasteiger partial charge on any atom is -0.497 e. The molecule has 1 heterocycles. The molecule has 1 N–H and O–H groups in total. The van der Waals surface area contributed by atoms with E-state index in [9.17, 15) is 9.59 Å². The van der Waals surface area contributed by atoms with E-state index in [2.05, 4.69) is 0 Å². The lowest BCUT2D eigenvalue weighted by Crippen LogP contribution is -1.94. The maximum absolute atomic E-state index is 12.2. The number of carboxylic acid groups (broad SMARTS) is 1. The molecule has 2 aromatic carbocycles. The quantitative estimate of drug-likeness (QED) is 0.522. The SMILES string of the molecule is COc1ccc(C(=O)/C=C/c2ccc(-c3ccc(C(=O)O)cc3)o2)cc1. The zero-order valence-corrected chi connectivity index (χ0v) is 14.0. The molecule has 0 aliphatic rings. The van der Waals surface area contributed by atoms with Crippen molar-refractivity contribution in [2.24, 2.45) is 0 Å². The van der Waals surface area contributed by atoms with E-state index in [0.29, 0.717) is 22.8 Å². The average Bonchev–Trinajstić information content (AvgIpc) is 3.15. The summed E-state index contributed by atoms with van der Waals surface area (Å²) in [6.45, 7) is 0. The summed E-state index contributed by atoms with van der Waals surface area (Å²) in [5, 5.41) is 8.92. The lowest BCUT2D eigenvalue weighted by Gasteiger charge is -2.00. The molecule has 0 aliphatic heterocycles. The minimum atomic E-state index is -0.975. The molecule has 3 rings (SSSR count). The fourth-order valence-corrected chi connectivity index (χ4v) is 2.38. The summed E-state index contributed by atoms with van der Waals surface area (Å²) in [7, 11) is 1.57. The van der Waals surface area contributed by atoms with Crippen LogP contribution in [0.25, 0.3) is 17.4 Å². The maximum Gasteiger partial charge on any atom is 0.335 e. The van der Waals surface area contributed by atoms with Crippen molar-refractivity contribution in [3.8, 4) is 17.1 Å². The van der Waals surface area contributed by atoms with Crippen molar-refractivity contribution >= 4 is 17.8 Å². The maximum atomic E-state index is 12.2. The number of hydrogen-bond donors (Lipinski definition) is 1. The third-order valence-electron chi connectivity index (χ3n) is 3.82. The van der Waals surface area contributed by atoms with Gasteiger partial charge in [-0.3, -0.25) is 4.79 Å². The largest absolute Gasteiger partial charge is 0.497 e. The molecule has 3 aromatic rings. The first-order chi connectivity index (χ1) is 12.6. The van der Waals surface area contributed by atoms with Crippen molar-refractivity contribution in [1.82, 2.24) is 0 Å². The number of carboxylic acids is 1. The smallest absolute Gasteiger partial charge is 0.335 e. The number of carbonyl (C=O) groups excluding carboxylic acids is 1. The third kappa shape index (κ3) is 3.89. The second kappa shape index (κ2) is 7.53. The Kier molecular flexibility index (Phi) is 4.99. The summed E-state index contributed by atoms with van der Waals surface area (Å²) in [4.78, 5) is 23.1. The molecule has 26 heavy (non-hydrogen) atoms. The van der Waals surface area contributed by atoms with Gasteiger partial charge in [0.25, 0.3) is 0 Å². The fourth-order valence-electron chi connectivity index (χ4n) is 2.38. The molecule has 0 saturated carbocycles. The predicted molar refractivity (Wildman–Crippen MR) is 97.5 cm³/mol. The van der Waals surface area contributed by atoms with Gasteiger partial charge in [-0.25, -0.2) is 4.79 Å². The van der Waals surface area contributed by atoms with Crippen molar-refractivity contribution < 1.29 is 23.8 Å². The van der Waals surface area contributed by atoms with Gasteiger partial charge >= 0.3 is 5.97 Å². The molecule has 0 unspecified atom stereocenters. The van der Waals surface area contributed by atoms with Crippen LogP contribution in [-0.2, 0) is 0 Å². The lowest BCUT2D eigenvalue weighted by molar-refractivity contribution is 0.0696. The highest BCUT2D eigenvalue weighted by Gasteiger charge is 2.07. The second-order valence-electron chi connectivity index (χ2n) is 5.51. The Morgan fingerprint density at radius 1 is 0.923 bits per heavy atom. The fraction of sp³-hybridized carbons (Fsp3) is 0.0476. The number of benzene rings is 2. The number of furan rings is 1. The standard InChI is InChI=1S/C21H16O5/c1-25-17-8-6-14(7-9-17)19(22)12-10-18-11-13-20(26-18)15-2-4-16(5-3-15)21(23)24/h2-13H,1H3,(H,23,24)/b12-10+. The van der Waals surface area contributed by atoms with Gasteiger partial charge in [0, 0.05) is 11.1 Å². The highest BCUT2D eigenvalue weighted by atomic mass is 16.5. The van der Waals surface area contributed by atoms with E-state index < -0.39 is 5.97 Å². The minimum absolute atomic E-state index is 0.142. The highest BCUT2D eigenvalue weighted by molar-refractivity contribution is 6.06. The first-order valence-corrected chi connectivity index (χ1v) is 7.87. The van der Waals surface area contributed by atoms with Crippen molar-refractivity contribution in [3.63, 3.8) is 0 Å². The molecule has 5 nitrogen and oxygen atoms in total. The molecule has 0 fully saturated rings. The summed E-state index contributed by atoms with van der Waals surface area (Å²) >= 11 is 0. The van der Waals surface area contributed by atoms with Gasteiger partial charge in [0.15, 0.2) is 5.78 Å². The van der Waals surface area contributed by atoms with Crippen LogP contribution in [0.1, 0.15) is 26.5 Å². The molecule has 0 radical (unpaired) electrons. The van der Waals surface area contributed by atoms with Crippen LogP contribution in [0.3, 0.4) is 0 Å². The topological polar surface area (TPSA) is 76.7 Å². The number of methoxy groups -OCH3 is 1. The summed E-state index contributed by atoms with van der Waals surface area (Å²) in [5.41, 5.74) is 1.53. The van der Waals surface area contributed by atoms with Crippen LogP contribution in [0.5, 0.6) is 5.75 Å². The van der Waals surface area contributed by atoms with E-state index >= 15 is 0 Å². The third-order valence-corrected chi connectivity index (χ3v) is 3.82. The average molecular weight is 348 g/mol. The van der Waals surface area contributed by atoms with Gasteiger partial charge in [0.2, 0.25) is 0 Å². The van der Waals surface area contributed by atoms with Crippen LogP contribution in [0, 0.1) is 0 Å². The van der Waals surface area contributed by atoms with E-state index in [-0.39, 0.29) is 11.3 Å². The first-order valence-electron chi connectivity index (χ1n) is 7.87. The zero-order valence-electron chi connectivity index (χ0n) is 14.0. The number of ether oxygens (including phenoxy) is 1. The number of carbonyl (C=O) groups is 2. The van der Waals surface area contributed by atoms with Gasteiger partial charge in [-0.1, -0.05) is 12.1 Å². The molecule has 0 aliphatic carbocycles. The van der Waals surface area contributed by atoms with Gasteiger partial charge in [-0.2, -0.15) is 0 Å². The van der Waals surface area contributed by atoms with E-state index in [1.807, 2.05) is 0 Å². The monoisotopic (exact) mass is 348 g/mol. The number of aromatic carboxylic acids is 1. The number of rotatable bonds is 6. The number of hydrogen-bond acceptors (Lipinski definition) is 4. The summed E-state index contributed by atoms with van der Waals surface area (Å²) in [5.74, 6) is 0.700. The number of allylic oxidation sites excluding steroid dienone is 1. The number of ketones is 1. The molecule has 5 heteroatoms. The molecule has 130 valence electrons.